The van der Waals surface area contributed by atoms with Crippen molar-refractivity contribution in [2.45, 2.75) is 45.1 Å². The number of carboxylic acids is 1. The van der Waals surface area contributed by atoms with E-state index in [1.165, 1.54) is 17.0 Å². The third-order valence-corrected chi connectivity index (χ3v) is 4.47. The summed E-state index contributed by atoms with van der Waals surface area (Å²) >= 11 is 0. The number of halogens is 1. The number of aromatic nitrogens is 1. The van der Waals surface area contributed by atoms with Gasteiger partial charge in [-0.05, 0) is 51.0 Å². The maximum absolute atomic E-state index is 13.7. The van der Waals surface area contributed by atoms with Gasteiger partial charge in [0.2, 0.25) is 0 Å². The zero-order valence-corrected chi connectivity index (χ0v) is 14.3. The normalized spacial score (nSPS) is 14.1. The molecular weight excluding hydrogens is 323 g/mol. The topological polar surface area (TPSA) is 70.5 Å². The summed E-state index contributed by atoms with van der Waals surface area (Å²) in [5.41, 5.74) is 1.84. The molecule has 1 heterocycles. The van der Waals surface area contributed by atoms with Crippen molar-refractivity contribution >= 4 is 22.8 Å². The van der Waals surface area contributed by atoms with Crippen molar-refractivity contribution in [2.24, 2.45) is 0 Å². The van der Waals surface area contributed by atoms with Gasteiger partial charge in [-0.25, -0.2) is 4.39 Å². The summed E-state index contributed by atoms with van der Waals surface area (Å²) < 4.78 is 13.7. The molecular formula is C19H21FN2O3. The smallest absolute Gasteiger partial charge is 0.305 e. The zero-order valence-electron chi connectivity index (χ0n) is 14.3. The molecule has 1 saturated carbocycles. The minimum Gasteiger partial charge on any atom is -0.481 e. The van der Waals surface area contributed by atoms with E-state index in [2.05, 4.69) is 4.98 Å². The fraction of sp³-hybridized carbons (Fsp3) is 0.421. The highest BCUT2D eigenvalue weighted by Crippen LogP contribution is 2.40. The van der Waals surface area contributed by atoms with Crippen LogP contribution in [-0.2, 0) is 4.79 Å². The van der Waals surface area contributed by atoms with Crippen molar-refractivity contribution in [1.29, 1.82) is 0 Å². The molecule has 1 aromatic carbocycles. The van der Waals surface area contributed by atoms with E-state index < -0.39 is 11.8 Å². The third-order valence-electron chi connectivity index (χ3n) is 4.47. The first-order valence-corrected chi connectivity index (χ1v) is 8.49. The standard InChI is InChI=1S/C19H21FN2O3/c1-11(2)22(8-7-18(23)24)19(25)15-10-17(12-3-4-12)21-16-6-5-13(20)9-14(15)16/h5-6,9-12H,3-4,7-8H2,1-2H3,(H,23,24). The monoisotopic (exact) mass is 344 g/mol. The second-order valence-corrected chi connectivity index (χ2v) is 6.77. The van der Waals surface area contributed by atoms with E-state index in [-0.39, 0.29) is 24.9 Å². The molecule has 0 atom stereocenters. The summed E-state index contributed by atoms with van der Waals surface area (Å²) in [6, 6.07) is 5.84. The second kappa shape index (κ2) is 6.78. The lowest BCUT2D eigenvalue weighted by Crippen LogP contribution is -2.38. The molecule has 25 heavy (non-hydrogen) atoms. The van der Waals surface area contributed by atoms with Crippen LogP contribution in [-0.4, -0.2) is 39.5 Å². The number of amides is 1. The molecule has 1 amide bonds. The van der Waals surface area contributed by atoms with Crippen LogP contribution >= 0.6 is 0 Å². The van der Waals surface area contributed by atoms with Crippen molar-refractivity contribution < 1.29 is 19.1 Å². The van der Waals surface area contributed by atoms with Crippen LogP contribution in [0.1, 0.15) is 55.1 Å². The van der Waals surface area contributed by atoms with Crippen molar-refractivity contribution in [1.82, 2.24) is 9.88 Å². The Kier molecular flexibility index (Phi) is 4.70. The molecule has 132 valence electrons. The highest BCUT2D eigenvalue weighted by Gasteiger charge is 2.28. The van der Waals surface area contributed by atoms with Crippen molar-refractivity contribution in [3.05, 3.63) is 41.3 Å². The molecule has 5 nitrogen and oxygen atoms in total. The Morgan fingerprint density at radius 1 is 1.32 bits per heavy atom. The van der Waals surface area contributed by atoms with Gasteiger partial charge in [-0.3, -0.25) is 14.6 Å². The van der Waals surface area contributed by atoms with Crippen LogP contribution in [0, 0.1) is 5.82 Å². The lowest BCUT2D eigenvalue weighted by Gasteiger charge is -2.27. The molecule has 1 aliphatic carbocycles. The number of carbonyl (C=O) groups excluding carboxylic acids is 1. The summed E-state index contributed by atoms with van der Waals surface area (Å²) in [6.45, 7) is 3.79. The molecule has 0 spiro atoms. The Morgan fingerprint density at radius 3 is 2.64 bits per heavy atom. The Morgan fingerprint density at radius 2 is 2.04 bits per heavy atom. The molecule has 1 fully saturated rings. The maximum atomic E-state index is 13.7. The number of fused-ring (bicyclic) bond motifs is 1. The molecule has 2 aromatic rings. The molecule has 1 N–H and O–H groups in total. The quantitative estimate of drug-likeness (QED) is 0.869. The number of carbonyl (C=O) groups is 2. The lowest BCUT2D eigenvalue weighted by atomic mass is 10.0. The maximum Gasteiger partial charge on any atom is 0.305 e. The Balaban J connectivity index is 2.06. The van der Waals surface area contributed by atoms with Gasteiger partial charge >= 0.3 is 5.97 Å². The van der Waals surface area contributed by atoms with Gasteiger partial charge in [-0.2, -0.15) is 0 Å². The van der Waals surface area contributed by atoms with E-state index >= 15 is 0 Å². The van der Waals surface area contributed by atoms with E-state index in [0.717, 1.165) is 18.5 Å². The van der Waals surface area contributed by atoms with E-state index in [1.54, 1.807) is 12.1 Å². The van der Waals surface area contributed by atoms with Gasteiger partial charge in [0, 0.05) is 29.6 Å². The van der Waals surface area contributed by atoms with E-state index in [9.17, 15) is 14.0 Å². The fourth-order valence-electron chi connectivity index (χ4n) is 2.95. The van der Waals surface area contributed by atoms with E-state index in [0.29, 0.717) is 22.4 Å². The number of pyridine rings is 1. The highest BCUT2D eigenvalue weighted by molar-refractivity contribution is 6.06. The number of nitrogens with zero attached hydrogens (tertiary/aromatic N) is 2. The summed E-state index contributed by atoms with van der Waals surface area (Å²) in [7, 11) is 0. The van der Waals surface area contributed by atoms with Crippen molar-refractivity contribution in [3.8, 4) is 0 Å². The molecule has 0 aliphatic heterocycles. The molecule has 1 aliphatic rings. The number of benzene rings is 1. The van der Waals surface area contributed by atoms with Gasteiger partial charge in [0.05, 0.1) is 17.5 Å². The highest BCUT2D eigenvalue weighted by atomic mass is 19.1. The molecule has 1 aromatic heterocycles. The fourth-order valence-corrected chi connectivity index (χ4v) is 2.95. The minimum absolute atomic E-state index is 0.115. The predicted octanol–water partition coefficient (Wildman–Crippen LogP) is 3.58. The van der Waals surface area contributed by atoms with Crippen LogP contribution in [0.15, 0.2) is 24.3 Å². The Hall–Kier alpha value is -2.50. The molecule has 0 unspecified atom stereocenters. The molecule has 0 bridgehead atoms. The number of aliphatic carboxylic acids is 1. The van der Waals surface area contributed by atoms with Crippen molar-refractivity contribution in [2.75, 3.05) is 6.54 Å². The first kappa shape index (κ1) is 17.3. The Bertz CT molecular complexity index is 831. The van der Waals surface area contributed by atoms with Gasteiger partial charge in [-0.1, -0.05) is 0 Å². The van der Waals surface area contributed by atoms with Crippen LogP contribution in [0.2, 0.25) is 0 Å². The van der Waals surface area contributed by atoms with Crippen LogP contribution in [0.4, 0.5) is 4.39 Å². The van der Waals surface area contributed by atoms with Gasteiger partial charge in [0.1, 0.15) is 5.82 Å². The second-order valence-electron chi connectivity index (χ2n) is 6.77. The van der Waals surface area contributed by atoms with Gasteiger partial charge in [-0.15, -0.1) is 0 Å². The molecule has 0 saturated heterocycles. The number of hydrogen-bond donors (Lipinski definition) is 1. The first-order chi connectivity index (χ1) is 11.9. The van der Waals surface area contributed by atoms with Crippen LogP contribution in [0.3, 0.4) is 0 Å². The summed E-state index contributed by atoms with van der Waals surface area (Å²) in [5, 5.41) is 9.40. The summed E-state index contributed by atoms with van der Waals surface area (Å²) in [6.07, 6.45) is 1.96. The number of carboxylic acid groups (broad SMARTS) is 1. The average molecular weight is 344 g/mol. The van der Waals surface area contributed by atoms with Crippen LogP contribution in [0.5, 0.6) is 0 Å². The first-order valence-electron chi connectivity index (χ1n) is 8.49. The minimum atomic E-state index is -0.956. The summed E-state index contributed by atoms with van der Waals surface area (Å²) in [4.78, 5) is 30.1. The molecule has 0 radical (unpaired) electrons. The predicted molar refractivity (Wildman–Crippen MR) is 92.1 cm³/mol. The van der Waals surface area contributed by atoms with Crippen LogP contribution < -0.4 is 0 Å². The Labute approximate surface area is 145 Å². The van der Waals surface area contributed by atoms with E-state index in [4.69, 9.17) is 5.11 Å². The average Bonchev–Trinajstić information content (AvgIpc) is 3.38. The SMILES string of the molecule is CC(C)N(CCC(=O)O)C(=O)c1cc(C2CC2)nc2ccc(F)cc12. The van der Waals surface area contributed by atoms with Crippen molar-refractivity contribution in [3.63, 3.8) is 0 Å². The number of hydrogen-bond acceptors (Lipinski definition) is 3. The largest absolute Gasteiger partial charge is 0.481 e. The zero-order chi connectivity index (χ0) is 18.1. The lowest BCUT2D eigenvalue weighted by molar-refractivity contribution is -0.137. The molecule has 3 rings (SSSR count). The third kappa shape index (κ3) is 3.78. The van der Waals surface area contributed by atoms with E-state index in [1.807, 2.05) is 13.8 Å². The van der Waals surface area contributed by atoms with Gasteiger partial charge in [0.15, 0.2) is 0 Å². The number of rotatable bonds is 6. The van der Waals surface area contributed by atoms with Crippen LogP contribution in [0.25, 0.3) is 10.9 Å². The van der Waals surface area contributed by atoms with Gasteiger partial charge < -0.3 is 10.0 Å². The van der Waals surface area contributed by atoms with Gasteiger partial charge in [0.25, 0.3) is 5.91 Å². The summed E-state index contributed by atoms with van der Waals surface area (Å²) in [5.74, 6) is -1.31. The molecule has 6 heteroatoms.